The Morgan fingerprint density at radius 3 is 2.52 bits per heavy atom. The first kappa shape index (κ1) is 18.3. The molecule has 0 saturated heterocycles. The SMILES string of the molecule is CC(C)C(O)c1nc(-c2cnc(N)c(C(F)(F)F)c2)cn1C1CC2CC1C2. The standard InChI is InChI=1S/C19H23F3N4O/c1-9(2)16(27)18-25-14(8-26(18)15-5-10-3-11(15)4-10)12-6-13(19(20,21)22)17(23)24-7-12/h6-11,15-16,27H,3-5H2,1-2H3,(H2,23,24). The van der Waals surface area contributed by atoms with Gasteiger partial charge in [-0.1, -0.05) is 13.8 Å². The molecule has 3 fully saturated rings. The van der Waals surface area contributed by atoms with E-state index in [4.69, 9.17) is 5.73 Å². The van der Waals surface area contributed by atoms with Crippen molar-refractivity contribution in [3.8, 4) is 11.3 Å². The maximum Gasteiger partial charge on any atom is 0.419 e. The minimum atomic E-state index is -4.58. The molecule has 3 saturated carbocycles. The Hall–Kier alpha value is -2.09. The fourth-order valence-corrected chi connectivity index (χ4v) is 4.34. The Balaban J connectivity index is 1.78. The van der Waals surface area contributed by atoms with Gasteiger partial charge in [0.2, 0.25) is 0 Å². The second kappa shape index (κ2) is 6.22. The number of hydrogen-bond donors (Lipinski definition) is 2. The molecule has 8 heteroatoms. The van der Waals surface area contributed by atoms with Gasteiger partial charge in [0.15, 0.2) is 0 Å². The van der Waals surface area contributed by atoms with Gasteiger partial charge in [0.05, 0.1) is 11.3 Å². The van der Waals surface area contributed by atoms with E-state index in [0.717, 1.165) is 12.5 Å². The molecule has 2 unspecified atom stereocenters. The zero-order valence-corrected chi connectivity index (χ0v) is 15.2. The molecule has 5 rings (SSSR count). The largest absolute Gasteiger partial charge is 0.419 e. The predicted molar refractivity (Wildman–Crippen MR) is 94.5 cm³/mol. The molecule has 5 nitrogen and oxygen atoms in total. The summed E-state index contributed by atoms with van der Waals surface area (Å²) in [6.07, 6.45) is 1.10. The average molecular weight is 380 g/mol. The van der Waals surface area contributed by atoms with Gasteiger partial charge >= 0.3 is 6.18 Å². The molecule has 2 atom stereocenters. The van der Waals surface area contributed by atoms with Crippen molar-refractivity contribution in [1.29, 1.82) is 0 Å². The molecular formula is C19H23F3N4O. The number of halogens is 3. The van der Waals surface area contributed by atoms with Crippen molar-refractivity contribution in [2.24, 2.45) is 17.8 Å². The smallest absolute Gasteiger partial charge is 0.385 e. The van der Waals surface area contributed by atoms with Crippen LogP contribution in [0.2, 0.25) is 0 Å². The van der Waals surface area contributed by atoms with Crippen molar-refractivity contribution in [3.05, 3.63) is 29.8 Å². The highest BCUT2D eigenvalue weighted by atomic mass is 19.4. The van der Waals surface area contributed by atoms with Crippen molar-refractivity contribution in [2.45, 2.75) is 51.4 Å². The van der Waals surface area contributed by atoms with Crippen LogP contribution in [0, 0.1) is 17.8 Å². The van der Waals surface area contributed by atoms with Crippen LogP contribution in [-0.4, -0.2) is 19.6 Å². The van der Waals surface area contributed by atoms with Gasteiger partial charge in [-0.2, -0.15) is 13.2 Å². The number of alkyl halides is 3. The highest BCUT2D eigenvalue weighted by Gasteiger charge is 2.46. The fraction of sp³-hybridized carbons (Fsp3) is 0.579. The first-order valence-corrected chi connectivity index (χ1v) is 9.25. The van der Waals surface area contributed by atoms with Gasteiger partial charge in [-0.05, 0) is 43.1 Å². The van der Waals surface area contributed by atoms with E-state index in [9.17, 15) is 18.3 Å². The van der Waals surface area contributed by atoms with Gasteiger partial charge < -0.3 is 15.4 Å². The van der Waals surface area contributed by atoms with Gasteiger partial charge in [-0.3, -0.25) is 0 Å². The topological polar surface area (TPSA) is 77.0 Å². The number of rotatable bonds is 4. The number of hydrogen-bond acceptors (Lipinski definition) is 4. The molecule has 0 amide bonds. The third-order valence-corrected chi connectivity index (χ3v) is 5.93. The summed E-state index contributed by atoms with van der Waals surface area (Å²) in [5.74, 6) is 1.19. The van der Waals surface area contributed by atoms with Crippen molar-refractivity contribution >= 4 is 5.82 Å². The van der Waals surface area contributed by atoms with Crippen LogP contribution in [0.1, 0.15) is 56.6 Å². The summed E-state index contributed by atoms with van der Waals surface area (Å²) in [6, 6.07) is 1.23. The van der Waals surface area contributed by atoms with Crippen LogP contribution >= 0.6 is 0 Å². The number of imidazole rings is 1. The molecule has 0 spiro atoms. The van der Waals surface area contributed by atoms with Crippen LogP contribution in [-0.2, 0) is 6.18 Å². The van der Waals surface area contributed by atoms with Gasteiger partial charge in [-0.15, -0.1) is 0 Å². The molecule has 3 aliphatic carbocycles. The molecule has 0 radical (unpaired) electrons. The van der Waals surface area contributed by atoms with Gasteiger partial charge in [0.1, 0.15) is 17.7 Å². The van der Waals surface area contributed by atoms with E-state index in [1.165, 1.54) is 19.0 Å². The maximum atomic E-state index is 13.2. The van der Waals surface area contributed by atoms with Gasteiger partial charge in [-0.25, -0.2) is 9.97 Å². The van der Waals surface area contributed by atoms with E-state index in [2.05, 4.69) is 9.97 Å². The molecule has 3 N–H and O–H groups in total. The molecule has 27 heavy (non-hydrogen) atoms. The number of pyridine rings is 1. The normalized spacial score (nSPS) is 25.7. The van der Waals surface area contributed by atoms with Crippen LogP contribution in [0.3, 0.4) is 0 Å². The summed E-state index contributed by atoms with van der Waals surface area (Å²) in [6.45, 7) is 3.79. The van der Waals surface area contributed by atoms with Gasteiger partial charge in [0, 0.05) is 24.0 Å². The van der Waals surface area contributed by atoms with E-state index in [1.807, 2.05) is 18.4 Å². The molecule has 2 heterocycles. The van der Waals surface area contributed by atoms with Crippen LogP contribution in [0.5, 0.6) is 0 Å². The first-order chi connectivity index (χ1) is 12.6. The molecule has 0 aromatic carbocycles. The zero-order chi connectivity index (χ0) is 19.5. The lowest BCUT2D eigenvalue weighted by Gasteiger charge is -2.26. The lowest BCUT2D eigenvalue weighted by molar-refractivity contribution is -0.137. The Morgan fingerprint density at radius 1 is 1.26 bits per heavy atom. The summed E-state index contributed by atoms with van der Waals surface area (Å²) in [7, 11) is 0. The quantitative estimate of drug-likeness (QED) is 0.833. The number of nitrogens with two attached hydrogens (primary N) is 1. The molecule has 0 aliphatic heterocycles. The Morgan fingerprint density at radius 2 is 1.96 bits per heavy atom. The zero-order valence-electron chi connectivity index (χ0n) is 15.2. The first-order valence-electron chi connectivity index (χ1n) is 9.25. The minimum absolute atomic E-state index is 0.0503. The maximum absolute atomic E-state index is 13.2. The molecule has 3 aliphatic rings. The van der Waals surface area contributed by atoms with Crippen LogP contribution in [0.15, 0.2) is 18.5 Å². The van der Waals surface area contributed by atoms with Crippen molar-refractivity contribution in [2.75, 3.05) is 5.73 Å². The number of fused-ring (bicyclic) bond motifs is 1. The third-order valence-electron chi connectivity index (χ3n) is 5.93. The van der Waals surface area contributed by atoms with E-state index < -0.39 is 23.7 Å². The average Bonchev–Trinajstić information content (AvgIpc) is 3.25. The minimum Gasteiger partial charge on any atom is -0.385 e. The Labute approximate surface area is 155 Å². The van der Waals surface area contributed by atoms with E-state index in [-0.39, 0.29) is 17.5 Å². The summed E-state index contributed by atoms with van der Waals surface area (Å²) in [5, 5.41) is 10.6. The van der Waals surface area contributed by atoms with Crippen molar-refractivity contribution < 1.29 is 18.3 Å². The van der Waals surface area contributed by atoms with E-state index >= 15 is 0 Å². The highest BCUT2D eigenvalue weighted by molar-refractivity contribution is 5.62. The van der Waals surface area contributed by atoms with Crippen LogP contribution < -0.4 is 5.73 Å². The molecular weight excluding hydrogens is 357 g/mol. The van der Waals surface area contributed by atoms with Crippen molar-refractivity contribution in [1.82, 2.24) is 14.5 Å². The number of nitrogen functional groups attached to an aromatic ring is 1. The summed E-state index contributed by atoms with van der Waals surface area (Å²) in [5.41, 5.74) is 5.06. The Bertz CT molecular complexity index is 855. The predicted octanol–water partition coefficient (Wildman–Crippen LogP) is 4.21. The summed E-state index contributed by atoms with van der Waals surface area (Å²) in [4.78, 5) is 8.22. The third kappa shape index (κ3) is 3.09. The number of aromatic nitrogens is 3. The second-order valence-electron chi connectivity index (χ2n) is 8.14. The van der Waals surface area contributed by atoms with E-state index in [1.54, 1.807) is 6.20 Å². The lowest BCUT2D eigenvalue weighted by Crippen LogP contribution is -2.20. The number of nitrogens with zero attached hydrogens (tertiary/aromatic N) is 3. The number of aliphatic hydroxyl groups excluding tert-OH is 1. The van der Waals surface area contributed by atoms with E-state index in [0.29, 0.717) is 23.4 Å². The molecule has 2 aromatic rings. The second-order valence-corrected chi connectivity index (χ2v) is 8.14. The van der Waals surface area contributed by atoms with Crippen molar-refractivity contribution in [3.63, 3.8) is 0 Å². The van der Waals surface area contributed by atoms with Crippen LogP contribution in [0.25, 0.3) is 11.3 Å². The lowest BCUT2D eigenvalue weighted by atomic mass is 9.84. The molecule has 2 bridgehead atoms. The number of anilines is 1. The summed E-state index contributed by atoms with van der Waals surface area (Å²) < 4.78 is 41.5. The monoisotopic (exact) mass is 380 g/mol. The Kier molecular flexibility index (Phi) is 4.21. The number of aliphatic hydroxyl groups is 1. The van der Waals surface area contributed by atoms with Gasteiger partial charge in [0.25, 0.3) is 0 Å². The fourth-order valence-electron chi connectivity index (χ4n) is 4.34. The van der Waals surface area contributed by atoms with Crippen LogP contribution in [0.4, 0.5) is 19.0 Å². The molecule has 146 valence electrons. The highest BCUT2D eigenvalue weighted by Crippen LogP contribution is 2.55. The summed E-state index contributed by atoms with van der Waals surface area (Å²) >= 11 is 0. The molecule has 2 aromatic heterocycles.